The zero-order chi connectivity index (χ0) is 36.5. The van der Waals surface area contributed by atoms with Crippen molar-refractivity contribution in [2.45, 2.75) is 5.41 Å². The zero-order valence-corrected chi connectivity index (χ0v) is 31.7. The van der Waals surface area contributed by atoms with Crippen LogP contribution in [-0.2, 0) is 5.41 Å². The molecule has 2 aliphatic rings. The third-order valence-electron chi connectivity index (χ3n) is 12.3. The number of benzene rings is 7. The van der Waals surface area contributed by atoms with Crippen molar-refractivity contribution < 1.29 is 0 Å². The third kappa shape index (κ3) is 3.81. The van der Waals surface area contributed by atoms with Gasteiger partial charge in [0, 0.05) is 48.4 Å². The van der Waals surface area contributed by atoms with E-state index in [4.69, 9.17) is 0 Å². The van der Waals surface area contributed by atoms with Crippen LogP contribution in [0.2, 0.25) is 0 Å². The average Bonchev–Trinajstić information content (AvgIpc) is 4.08. The van der Waals surface area contributed by atoms with E-state index in [0.717, 1.165) is 17.1 Å². The van der Waals surface area contributed by atoms with Crippen LogP contribution < -0.4 is 4.90 Å². The molecular formula is C51H31N3S2. The van der Waals surface area contributed by atoms with Crippen LogP contribution in [0.3, 0.4) is 0 Å². The van der Waals surface area contributed by atoms with Crippen LogP contribution in [0, 0.1) is 0 Å². The number of aromatic nitrogens is 2. The fourth-order valence-electron chi connectivity index (χ4n) is 10.1. The van der Waals surface area contributed by atoms with E-state index in [9.17, 15) is 0 Å². The lowest BCUT2D eigenvalue weighted by Crippen LogP contribution is -2.35. The van der Waals surface area contributed by atoms with Crippen LogP contribution in [0.1, 0.15) is 22.3 Å². The van der Waals surface area contributed by atoms with Gasteiger partial charge in [-0.3, -0.25) is 0 Å². The Balaban J connectivity index is 1.16. The summed E-state index contributed by atoms with van der Waals surface area (Å²) in [6.07, 6.45) is 0. The highest BCUT2D eigenvalue weighted by molar-refractivity contribution is 7.21. The minimum atomic E-state index is -0.457. The Kier molecular flexibility index (Phi) is 6.13. The van der Waals surface area contributed by atoms with Gasteiger partial charge in [-0.1, -0.05) is 97.1 Å². The van der Waals surface area contributed by atoms with Crippen molar-refractivity contribution in [1.29, 1.82) is 0 Å². The van der Waals surface area contributed by atoms with Gasteiger partial charge in [0.25, 0.3) is 0 Å². The highest BCUT2D eigenvalue weighted by atomic mass is 32.1. The fourth-order valence-corrected chi connectivity index (χ4v) is 12.2. The molecule has 0 unspecified atom stereocenters. The number of anilines is 3. The van der Waals surface area contributed by atoms with Crippen molar-refractivity contribution in [1.82, 2.24) is 9.13 Å². The summed E-state index contributed by atoms with van der Waals surface area (Å²) >= 11 is 3.75. The summed E-state index contributed by atoms with van der Waals surface area (Å²) in [6, 6.07) is 65.4. The largest absolute Gasteiger partial charge is 0.310 e. The molecule has 11 aromatic rings. The van der Waals surface area contributed by atoms with Crippen LogP contribution in [0.4, 0.5) is 17.1 Å². The molecule has 0 amide bonds. The normalized spacial score (nSPS) is 13.8. The number of thiophene rings is 2. The number of fused-ring (bicyclic) bond motifs is 15. The molecular weight excluding hydrogens is 719 g/mol. The van der Waals surface area contributed by atoms with Gasteiger partial charge in [0.2, 0.25) is 0 Å². The molecule has 0 saturated carbocycles. The van der Waals surface area contributed by atoms with E-state index < -0.39 is 5.41 Å². The van der Waals surface area contributed by atoms with Gasteiger partial charge in [0.1, 0.15) is 0 Å². The van der Waals surface area contributed by atoms with Crippen LogP contribution >= 0.6 is 22.7 Å². The molecule has 56 heavy (non-hydrogen) atoms. The first kappa shape index (κ1) is 30.6. The van der Waals surface area contributed by atoms with Gasteiger partial charge in [-0.05, 0) is 112 Å². The highest BCUT2D eigenvalue weighted by Gasteiger charge is 2.53. The molecule has 1 aliphatic carbocycles. The molecule has 5 heteroatoms. The average molecular weight is 750 g/mol. The molecule has 0 saturated heterocycles. The Morgan fingerprint density at radius 2 is 0.875 bits per heavy atom. The molecule has 262 valence electrons. The van der Waals surface area contributed by atoms with Gasteiger partial charge in [-0.15, -0.1) is 22.7 Å². The molecule has 0 bridgehead atoms. The zero-order valence-electron chi connectivity index (χ0n) is 30.1. The summed E-state index contributed by atoms with van der Waals surface area (Å²) < 4.78 is 4.88. The van der Waals surface area contributed by atoms with E-state index >= 15 is 0 Å². The molecule has 1 spiro atoms. The van der Waals surface area contributed by atoms with Crippen molar-refractivity contribution in [3.8, 4) is 21.1 Å². The lowest BCUT2D eigenvalue weighted by Gasteiger charge is -2.44. The first-order chi connectivity index (χ1) is 27.8. The number of nitrogens with zero attached hydrogens (tertiary/aromatic N) is 3. The standard InChI is InChI=1S/C51H31N3S2/c1-2-13-32(14-3-1)52-45-23-10-6-19-37(45)38-30-42-48(31-47(38)52)54(46-24-11-7-20-39(46)51(42)40-25-27-55-49(40)50-41(51)26-28-56-50)34-16-12-15-33(29-34)53-43-21-8-4-17-35(43)36-18-5-9-22-44(36)53/h1-31H. The van der Waals surface area contributed by atoms with E-state index in [1.807, 2.05) is 22.7 Å². The Labute approximate surface area is 331 Å². The number of hydrogen-bond acceptors (Lipinski definition) is 3. The van der Waals surface area contributed by atoms with E-state index in [1.165, 1.54) is 87.0 Å². The van der Waals surface area contributed by atoms with Gasteiger partial charge in [-0.2, -0.15) is 0 Å². The monoisotopic (exact) mass is 749 g/mol. The van der Waals surface area contributed by atoms with Crippen molar-refractivity contribution in [3.05, 3.63) is 209 Å². The topological polar surface area (TPSA) is 13.1 Å². The minimum absolute atomic E-state index is 0.457. The van der Waals surface area contributed by atoms with Crippen LogP contribution in [0.25, 0.3) is 64.7 Å². The molecule has 0 radical (unpaired) electrons. The first-order valence-electron chi connectivity index (χ1n) is 19.1. The Bertz CT molecular complexity index is 3300. The second kappa shape index (κ2) is 11.2. The Morgan fingerprint density at radius 1 is 0.339 bits per heavy atom. The lowest BCUT2D eigenvalue weighted by molar-refractivity contribution is 0.757. The molecule has 13 rings (SSSR count). The lowest BCUT2D eigenvalue weighted by atomic mass is 9.65. The van der Waals surface area contributed by atoms with E-state index in [-0.39, 0.29) is 0 Å². The second-order valence-corrected chi connectivity index (χ2v) is 16.7. The summed E-state index contributed by atoms with van der Waals surface area (Å²) in [5.41, 5.74) is 15.6. The van der Waals surface area contributed by atoms with Crippen molar-refractivity contribution in [2.75, 3.05) is 4.90 Å². The Morgan fingerprint density at radius 3 is 1.55 bits per heavy atom. The first-order valence-corrected chi connectivity index (χ1v) is 20.8. The van der Waals surface area contributed by atoms with E-state index in [1.54, 1.807) is 0 Å². The maximum absolute atomic E-state index is 2.54. The molecule has 0 fully saturated rings. The molecule has 1 aliphatic heterocycles. The number of hydrogen-bond donors (Lipinski definition) is 0. The molecule has 5 heterocycles. The van der Waals surface area contributed by atoms with E-state index in [2.05, 4.69) is 201 Å². The maximum atomic E-state index is 2.54. The van der Waals surface area contributed by atoms with Gasteiger partial charge in [0.15, 0.2) is 0 Å². The SMILES string of the molecule is c1ccc(-n2c3ccccc3c3cc4c(cc32)N(c2cccc(-n3c5ccccc5c5ccccc53)c2)c2ccccc2C42c3ccsc3-c3sccc32)cc1. The highest BCUT2D eigenvalue weighted by Crippen LogP contribution is 2.66. The summed E-state index contributed by atoms with van der Waals surface area (Å²) in [5, 5.41) is 9.63. The molecule has 3 nitrogen and oxygen atoms in total. The molecule has 0 atom stereocenters. The summed E-state index contributed by atoms with van der Waals surface area (Å²) in [5.74, 6) is 0. The summed E-state index contributed by atoms with van der Waals surface area (Å²) in [6.45, 7) is 0. The Hall–Kier alpha value is -6.66. The molecule has 7 aromatic carbocycles. The maximum Gasteiger partial charge on any atom is 0.0771 e. The quantitative estimate of drug-likeness (QED) is 0.175. The van der Waals surface area contributed by atoms with Crippen LogP contribution in [-0.4, -0.2) is 9.13 Å². The van der Waals surface area contributed by atoms with Gasteiger partial charge in [-0.25, -0.2) is 0 Å². The predicted octanol–water partition coefficient (Wildman–Crippen LogP) is 14.2. The van der Waals surface area contributed by atoms with Crippen LogP contribution in [0.5, 0.6) is 0 Å². The van der Waals surface area contributed by atoms with Crippen molar-refractivity contribution in [3.63, 3.8) is 0 Å². The van der Waals surface area contributed by atoms with Crippen molar-refractivity contribution in [2.24, 2.45) is 0 Å². The van der Waals surface area contributed by atoms with E-state index in [0.29, 0.717) is 0 Å². The van der Waals surface area contributed by atoms with Gasteiger partial charge >= 0.3 is 0 Å². The third-order valence-corrected chi connectivity index (χ3v) is 14.3. The van der Waals surface area contributed by atoms with Gasteiger partial charge in [0.05, 0.1) is 38.9 Å². The fraction of sp³-hybridized carbons (Fsp3) is 0.0196. The number of rotatable bonds is 3. The molecule has 4 aromatic heterocycles. The number of para-hydroxylation sites is 5. The van der Waals surface area contributed by atoms with Crippen molar-refractivity contribution >= 4 is 83.3 Å². The predicted molar refractivity (Wildman–Crippen MR) is 236 cm³/mol. The van der Waals surface area contributed by atoms with Crippen LogP contribution in [0.15, 0.2) is 187 Å². The summed E-state index contributed by atoms with van der Waals surface area (Å²) in [7, 11) is 0. The summed E-state index contributed by atoms with van der Waals surface area (Å²) in [4.78, 5) is 5.32. The minimum Gasteiger partial charge on any atom is -0.310 e. The van der Waals surface area contributed by atoms with Gasteiger partial charge < -0.3 is 14.0 Å². The molecule has 0 N–H and O–H groups in total. The smallest absolute Gasteiger partial charge is 0.0771 e. The second-order valence-electron chi connectivity index (χ2n) is 14.9.